The minimum absolute atomic E-state index is 0.0575. The molecule has 5 nitrogen and oxygen atoms in total. The highest BCUT2D eigenvalue weighted by molar-refractivity contribution is 6.30. The van der Waals surface area contributed by atoms with Crippen LogP contribution in [0.1, 0.15) is 13.3 Å². The number of carbonyl (C=O) groups is 2. The first-order valence-electron chi connectivity index (χ1n) is 5.19. The van der Waals surface area contributed by atoms with Gasteiger partial charge in [-0.05, 0) is 24.6 Å². The van der Waals surface area contributed by atoms with Gasteiger partial charge < -0.3 is 15.7 Å². The molecule has 0 fully saturated rings. The van der Waals surface area contributed by atoms with Crippen molar-refractivity contribution < 1.29 is 19.1 Å². The summed E-state index contributed by atoms with van der Waals surface area (Å²) in [7, 11) is 0. The van der Waals surface area contributed by atoms with E-state index in [0.717, 1.165) is 6.07 Å². The average Bonchev–Trinajstić information content (AvgIpc) is 2.30. The first-order chi connectivity index (χ1) is 8.43. The summed E-state index contributed by atoms with van der Waals surface area (Å²) in [6, 6.07) is 2.05. The fourth-order valence-corrected chi connectivity index (χ4v) is 1.36. The number of carbonyl (C=O) groups excluding carboxylic acids is 1. The number of rotatable bonds is 4. The van der Waals surface area contributed by atoms with Crippen molar-refractivity contribution in [1.29, 1.82) is 0 Å². The first kappa shape index (κ1) is 14.2. The van der Waals surface area contributed by atoms with E-state index < -0.39 is 23.9 Å². The van der Waals surface area contributed by atoms with Crippen LogP contribution in [-0.4, -0.2) is 23.1 Å². The number of carboxylic acids is 1. The second kappa shape index (κ2) is 6.20. The lowest BCUT2D eigenvalue weighted by Crippen LogP contribution is -2.42. The number of amides is 2. The van der Waals surface area contributed by atoms with Crippen molar-refractivity contribution in [3.8, 4) is 0 Å². The molecule has 0 radical (unpaired) electrons. The summed E-state index contributed by atoms with van der Waals surface area (Å²) >= 11 is 5.48. The van der Waals surface area contributed by atoms with Crippen LogP contribution in [0.2, 0.25) is 5.02 Å². The second-order valence-corrected chi connectivity index (χ2v) is 3.93. The number of nitrogens with one attached hydrogen (secondary N) is 2. The molecule has 1 unspecified atom stereocenters. The molecule has 1 rings (SSSR count). The molecule has 1 atom stereocenters. The topological polar surface area (TPSA) is 78.4 Å². The minimum atomic E-state index is -1.13. The lowest BCUT2D eigenvalue weighted by Gasteiger charge is -2.13. The molecule has 2 amide bonds. The average molecular weight is 275 g/mol. The van der Waals surface area contributed by atoms with Crippen LogP contribution in [0.5, 0.6) is 0 Å². The van der Waals surface area contributed by atoms with Gasteiger partial charge in [0.05, 0.1) is 5.02 Å². The quantitative estimate of drug-likeness (QED) is 0.789. The Kier molecular flexibility index (Phi) is 4.91. The molecule has 1 aromatic rings. The lowest BCUT2D eigenvalue weighted by atomic mass is 10.2. The van der Waals surface area contributed by atoms with Gasteiger partial charge in [0.2, 0.25) is 0 Å². The van der Waals surface area contributed by atoms with Gasteiger partial charge in [0.1, 0.15) is 11.9 Å². The van der Waals surface area contributed by atoms with Gasteiger partial charge in [-0.25, -0.2) is 14.0 Å². The minimum Gasteiger partial charge on any atom is -0.480 e. The lowest BCUT2D eigenvalue weighted by molar-refractivity contribution is -0.139. The largest absolute Gasteiger partial charge is 0.480 e. The maximum absolute atomic E-state index is 13.1. The van der Waals surface area contributed by atoms with Gasteiger partial charge in [0.15, 0.2) is 0 Å². The fraction of sp³-hybridized carbons (Fsp3) is 0.273. The number of aliphatic carboxylic acids is 1. The predicted molar refractivity (Wildman–Crippen MR) is 65.3 cm³/mol. The third-order valence-corrected chi connectivity index (χ3v) is 2.50. The summed E-state index contributed by atoms with van der Waals surface area (Å²) < 4.78 is 13.1. The Morgan fingerprint density at radius 2 is 2.17 bits per heavy atom. The maximum atomic E-state index is 13.1. The van der Waals surface area contributed by atoms with Gasteiger partial charge in [0, 0.05) is 5.69 Å². The summed E-state index contributed by atoms with van der Waals surface area (Å²) in [6.07, 6.45) is 0.248. The highest BCUT2D eigenvalue weighted by atomic mass is 35.5. The van der Waals surface area contributed by atoms with Crippen molar-refractivity contribution in [2.75, 3.05) is 5.32 Å². The third-order valence-electron chi connectivity index (χ3n) is 2.19. The molecule has 98 valence electrons. The summed E-state index contributed by atoms with van der Waals surface area (Å²) in [5.41, 5.74) is 0.189. The van der Waals surface area contributed by atoms with Crippen molar-refractivity contribution in [3.05, 3.63) is 29.0 Å². The van der Waals surface area contributed by atoms with Crippen LogP contribution in [0.4, 0.5) is 14.9 Å². The van der Waals surface area contributed by atoms with Crippen LogP contribution in [0.25, 0.3) is 0 Å². The Morgan fingerprint density at radius 3 is 2.67 bits per heavy atom. The summed E-state index contributed by atoms with van der Waals surface area (Å²) in [4.78, 5) is 22.1. The molecule has 7 heteroatoms. The van der Waals surface area contributed by atoms with E-state index in [1.165, 1.54) is 12.1 Å². The van der Waals surface area contributed by atoms with E-state index in [9.17, 15) is 14.0 Å². The Morgan fingerprint density at radius 1 is 1.50 bits per heavy atom. The van der Waals surface area contributed by atoms with Crippen LogP contribution < -0.4 is 10.6 Å². The third kappa shape index (κ3) is 3.89. The summed E-state index contributed by atoms with van der Waals surface area (Å²) in [6.45, 7) is 1.63. The fourth-order valence-electron chi connectivity index (χ4n) is 1.24. The van der Waals surface area contributed by atoms with Crippen LogP contribution in [0.3, 0.4) is 0 Å². The number of hydrogen-bond acceptors (Lipinski definition) is 2. The molecular formula is C11H12ClFN2O3. The number of carboxylic acid groups (broad SMARTS) is 1. The molecule has 0 bridgehead atoms. The van der Waals surface area contributed by atoms with E-state index in [0.29, 0.717) is 0 Å². The SMILES string of the molecule is CCC(NC(=O)Nc1ccc(Cl)c(F)c1)C(=O)O. The number of anilines is 1. The van der Waals surface area contributed by atoms with Crippen molar-refractivity contribution in [2.24, 2.45) is 0 Å². The first-order valence-corrected chi connectivity index (χ1v) is 5.57. The number of urea groups is 1. The Balaban J connectivity index is 2.64. The number of hydrogen-bond donors (Lipinski definition) is 3. The van der Waals surface area contributed by atoms with E-state index >= 15 is 0 Å². The maximum Gasteiger partial charge on any atom is 0.326 e. The van der Waals surface area contributed by atoms with Crippen molar-refractivity contribution in [2.45, 2.75) is 19.4 Å². The van der Waals surface area contributed by atoms with Gasteiger partial charge in [-0.2, -0.15) is 0 Å². The van der Waals surface area contributed by atoms with Crippen LogP contribution in [0, 0.1) is 5.82 Å². The smallest absolute Gasteiger partial charge is 0.326 e. The molecule has 0 saturated heterocycles. The van der Waals surface area contributed by atoms with E-state index in [-0.39, 0.29) is 17.1 Å². The molecule has 0 aliphatic carbocycles. The molecule has 0 heterocycles. The summed E-state index contributed by atoms with van der Waals surface area (Å²) in [5.74, 6) is -1.80. The molecule has 0 spiro atoms. The van der Waals surface area contributed by atoms with Crippen molar-refractivity contribution >= 4 is 29.3 Å². The number of halogens is 2. The monoisotopic (exact) mass is 274 g/mol. The molecule has 0 saturated carbocycles. The molecule has 3 N–H and O–H groups in total. The van der Waals surface area contributed by atoms with Gasteiger partial charge >= 0.3 is 12.0 Å². The molecule has 18 heavy (non-hydrogen) atoms. The van der Waals surface area contributed by atoms with Gasteiger partial charge in [-0.3, -0.25) is 0 Å². The second-order valence-electron chi connectivity index (χ2n) is 3.53. The summed E-state index contributed by atoms with van der Waals surface area (Å²) in [5, 5.41) is 13.3. The van der Waals surface area contributed by atoms with Crippen LogP contribution in [-0.2, 0) is 4.79 Å². The molecule has 0 aromatic heterocycles. The van der Waals surface area contributed by atoms with E-state index in [1.807, 2.05) is 0 Å². The van der Waals surface area contributed by atoms with Crippen LogP contribution in [0.15, 0.2) is 18.2 Å². The standard InChI is InChI=1S/C11H12ClFN2O3/c1-2-9(10(16)17)15-11(18)14-6-3-4-7(12)8(13)5-6/h3-5,9H,2H2,1H3,(H,16,17)(H2,14,15,18). The van der Waals surface area contributed by atoms with Crippen LogP contribution >= 0.6 is 11.6 Å². The predicted octanol–water partition coefficient (Wildman–Crippen LogP) is 2.46. The molecule has 1 aromatic carbocycles. The van der Waals surface area contributed by atoms with Gasteiger partial charge in [-0.1, -0.05) is 18.5 Å². The van der Waals surface area contributed by atoms with E-state index in [2.05, 4.69) is 10.6 Å². The zero-order valence-electron chi connectivity index (χ0n) is 9.54. The molecule has 0 aliphatic rings. The number of benzene rings is 1. The van der Waals surface area contributed by atoms with Crippen molar-refractivity contribution in [3.63, 3.8) is 0 Å². The van der Waals surface area contributed by atoms with E-state index in [1.54, 1.807) is 6.92 Å². The Bertz CT molecular complexity index is 468. The zero-order chi connectivity index (χ0) is 13.7. The highest BCUT2D eigenvalue weighted by Crippen LogP contribution is 2.18. The highest BCUT2D eigenvalue weighted by Gasteiger charge is 2.17. The zero-order valence-corrected chi connectivity index (χ0v) is 10.3. The van der Waals surface area contributed by atoms with Gasteiger partial charge in [0.25, 0.3) is 0 Å². The molecular weight excluding hydrogens is 263 g/mol. The Labute approximate surface area is 108 Å². The van der Waals surface area contributed by atoms with E-state index in [4.69, 9.17) is 16.7 Å². The molecule has 0 aliphatic heterocycles. The van der Waals surface area contributed by atoms with Gasteiger partial charge in [-0.15, -0.1) is 0 Å². The van der Waals surface area contributed by atoms with Crippen molar-refractivity contribution in [1.82, 2.24) is 5.32 Å². The normalized spacial score (nSPS) is 11.7. The Hall–Kier alpha value is -1.82.